The zero-order chi connectivity index (χ0) is 15.9. The van der Waals surface area contributed by atoms with Crippen molar-refractivity contribution >= 4 is 22.3 Å². The molecule has 0 radical (unpaired) electrons. The third kappa shape index (κ3) is 2.14. The number of benzene rings is 2. The predicted molar refractivity (Wildman–Crippen MR) is 88.4 cm³/mol. The van der Waals surface area contributed by atoms with Gasteiger partial charge in [0.05, 0.1) is 0 Å². The maximum Gasteiger partial charge on any atom is 0.220 e. The van der Waals surface area contributed by atoms with Crippen molar-refractivity contribution in [1.82, 2.24) is 0 Å². The molecule has 1 aliphatic carbocycles. The largest absolute Gasteiger partial charge is 0.477 e. The van der Waals surface area contributed by atoms with E-state index in [4.69, 9.17) is 4.74 Å². The molecule has 1 spiro atoms. The SMILES string of the molecule is N#CC1=C(c2ccc3ccccc3c2)OC2(CCCCC2)C1=O. The summed E-state index contributed by atoms with van der Waals surface area (Å²) in [5, 5.41) is 11.7. The number of hydrogen-bond donors (Lipinski definition) is 0. The first-order chi connectivity index (χ1) is 11.2. The number of fused-ring (bicyclic) bond motifs is 1. The van der Waals surface area contributed by atoms with Crippen molar-refractivity contribution in [3.63, 3.8) is 0 Å². The van der Waals surface area contributed by atoms with Crippen LogP contribution >= 0.6 is 0 Å². The number of nitrogens with zero attached hydrogens (tertiary/aromatic N) is 1. The zero-order valence-electron chi connectivity index (χ0n) is 12.8. The van der Waals surface area contributed by atoms with Crippen LogP contribution in [0, 0.1) is 11.3 Å². The van der Waals surface area contributed by atoms with Crippen molar-refractivity contribution in [2.45, 2.75) is 37.7 Å². The number of Topliss-reactive ketones (excluding diaryl/α,β-unsaturated/α-hetero) is 1. The number of ether oxygens (including phenoxy) is 1. The second-order valence-electron chi connectivity index (χ2n) is 6.36. The summed E-state index contributed by atoms with van der Waals surface area (Å²) >= 11 is 0. The normalized spacial score (nSPS) is 19.9. The minimum absolute atomic E-state index is 0.122. The highest BCUT2D eigenvalue weighted by atomic mass is 16.5. The van der Waals surface area contributed by atoms with Crippen molar-refractivity contribution in [3.8, 4) is 6.07 Å². The van der Waals surface area contributed by atoms with Crippen LogP contribution in [0.15, 0.2) is 48.0 Å². The predicted octanol–water partition coefficient (Wildman–Crippen LogP) is 4.38. The van der Waals surface area contributed by atoms with E-state index in [2.05, 4.69) is 6.07 Å². The Hall–Kier alpha value is -2.60. The zero-order valence-corrected chi connectivity index (χ0v) is 12.8. The lowest BCUT2D eigenvalue weighted by Crippen LogP contribution is -2.39. The quantitative estimate of drug-likeness (QED) is 0.785. The summed E-state index contributed by atoms with van der Waals surface area (Å²) in [7, 11) is 0. The Balaban J connectivity index is 1.80. The monoisotopic (exact) mass is 303 g/mol. The molecule has 0 amide bonds. The molecule has 1 aliphatic heterocycles. The van der Waals surface area contributed by atoms with Crippen molar-refractivity contribution in [2.75, 3.05) is 0 Å². The Morgan fingerprint density at radius 1 is 1.00 bits per heavy atom. The van der Waals surface area contributed by atoms with Gasteiger partial charge in [-0.1, -0.05) is 42.8 Å². The van der Waals surface area contributed by atoms with Crippen LogP contribution in [0.5, 0.6) is 0 Å². The van der Waals surface area contributed by atoms with Crippen LogP contribution in [0.3, 0.4) is 0 Å². The molecule has 2 aromatic carbocycles. The molecule has 23 heavy (non-hydrogen) atoms. The number of carbonyl (C=O) groups excluding carboxylic acids is 1. The van der Waals surface area contributed by atoms with Gasteiger partial charge >= 0.3 is 0 Å². The molecule has 0 aromatic heterocycles. The van der Waals surface area contributed by atoms with Gasteiger partial charge in [-0.05, 0) is 42.5 Å². The third-order valence-electron chi connectivity index (χ3n) is 4.95. The Kier molecular flexibility index (Phi) is 3.20. The van der Waals surface area contributed by atoms with Gasteiger partial charge in [0, 0.05) is 5.56 Å². The lowest BCUT2D eigenvalue weighted by atomic mass is 9.81. The molecule has 2 aromatic rings. The molecule has 0 bridgehead atoms. The average molecular weight is 303 g/mol. The Morgan fingerprint density at radius 3 is 2.48 bits per heavy atom. The topological polar surface area (TPSA) is 50.1 Å². The fourth-order valence-electron chi connectivity index (χ4n) is 3.71. The Bertz CT molecular complexity index is 867. The summed E-state index contributed by atoms with van der Waals surface area (Å²) in [4.78, 5) is 12.8. The van der Waals surface area contributed by atoms with E-state index in [1.54, 1.807) is 0 Å². The highest BCUT2D eigenvalue weighted by Gasteiger charge is 2.50. The van der Waals surface area contributed by atoms with Crippen molar-refractivity contribution in [3.05, 3.63) is 53.6 Å². The van der Waals surface area contributed by atoms with Gasteiger partial charge in [0.2, 0.25) is 5.78 Å². The van der Waals surface area contributed by atoms with Crippen LogP contribution in [0.1, 0.15) is 37.7 Å². The fourth-order valence-corrected chi connectivity index (χ4v) is 3.71. The van der Waals surface area contributed by atoms with Crippen LogP contribution in [-0.4, -0.2) is 11.4 Å². The van der Waals surface area contributed by atoms with E-state index in [-0.39, 0.29) is 11.4 Å². The number of rotatable bonds is 1. The Morgan fingerprint density at radius 2 is 1.74 bits per heavy atom. The Labute approximate surface area is 135 Å². The van der Waals surface area contributed by atoms with Gasteiger partial charge in [0.25, 0.3) is 0 Å². The number of hydrogen-bond acceptors (Lipinski definition) is 3. The molecular formula is C20H17NO2. The molecule has 0 N–H and O–H groups in total. The van der Waals surface area contributed by atoms with E-state index in [0.29, 0.717) is 18.6 Å². The molecule has 0 unspecified atom stereocenters. The summed E-state index contributed by atoms with van der Waals surface area (Å²) in [5.74, 6) is 0.341. The van der Waals surface area contributed by atoms with E-state index in [9.17, 15) is 10.1 Å². The maximum atomic E-state index is 12.8. The van der Waals surface area contributed by atoms with Gasteiger partial charge in [-0.15, -0.1) is 0 Å². The molecule has 1 fully saturated rings. The van der Waals surface area contributed by atoms with Crippen molar-refractivity contribution in [1.29, 1.82) is 5.26 Å². The van der Waals surface area contributed by atoms with Crippen molar-refractivity contribution < 1.29 is 9.53 Å². The van der Waals surface area contributed by atoms with E-state index >= 15 is 0 Å². The lowest BCUT2D eigenvalue weighted by Gasteiger charge is -2.31. The van der Waals surface area contributed by atoms with E-state index in [1.165, 1.54) is 0 Å². The first-order valence-electron chi connectivity index (χ1n) is 8.11. The molecule has 114 valence electrons. The van der Waals surface area contributed by atoms with Crippen LogP contribution in [0.25, 0.3) is 16.5 Å². The summed E-state index contributed by atoms with van der Waals surface area (Å²) in [6.45, 7) is 0. The highest BCUT2D eigenvalue weighted by molar-refractivity contribution is 6.13. The van der Waals surface area contributed by atoms with Crippen LogP contribution in [-0.2, 0) is 9.53 Å². The van der Waals surface area contributed by atoms with Crippen LogP contribution < -0.4 is 0 Å². The molecule has 1 heterocycles. The van der Waals surface area contributed by atoms with Gasteiger partial charge < -0.3 is 4.74 Å². The average Bonchev–Trinajstić information content (AvgIpc) is 2.87. The minimum Gasteiger partial charge on any atom is -0.477 e. The first kappa shape index (κ1) is 14.0. The lowest BCUT2D eigenvalue weighted by molar-refractivity contribution is -0.131. The summed E-state index contributed by atoms with van der Waals surface area (Å²) < 4.78 is 6.15. The molecule has 2 aliphatic rings. The van der Waals surface area contributed by atoms with Crippen LogP contribution in [0.2, 0.25) is 0 Å². The molecular weight excluding hydrogens is 286 g/mol. The van der Waals surface area contributed by atoms with Crippen molar-refractivity contribution in [2.24, 2.45) is 0 Å². The standard InChI is InChI=1S/C20H17NO2/c21-13-17-18(23-20(19(17)22)10-4-1-5-11-20)16-9-8-14-6-2-3-7-15(14)12-16/h2-3,6-9,12H,1,4-5,10-11H2. The highest BCUT2D eigenvalue weighted by Crippen LogP contribution is 2.44. The third-order valence-corrected chi connectivity index (χ3v) is 4.95. The molecule has 1 saturated carbocycles. The number of nitriles is 1. The fraction of sp³-hybridized carbons (Fsp3) is 0.300. The first-order valence-corrected chi connectivity index (χ1v) is 8.11. The molecule has 3 heteroatoms. The van der Waals surface area contributed by atoms with E-state index in [0.717, 1.165) is 35.6 Å². The molecule has 3 nitrogen and oxygen atoms in total. The molecule has 4 rings (SSSR count). The minimum atomic E-state index is -0.787. The van der Waals surface area contributed by atoms with E-state index < -0.39 is 5.60 Å². The van der Waals surface area contributed by atoms with Gasteiger partial charge in [-0.25, -0.2) is 0 Å². The maximum absolute atomic E-state index is 12.8. The summed E-state index contributed by atoms with van der Waals surface area (Å²) in [5.41, 5.74) is 0.211. The second-order valence-corrected chi connectivity index (χ2v) is 6.36. The van der Waals surface area contributed by atoms with Gasteiger partial charge in [-0.2, -0.15) is 5.26 Å². The van der Waals surface area contributed by atoms with Gasteiger partial charge in [-0.3, -0.25) is 4.79 Å². The van der Waals surface area contributed by atoms with Gasteiger partial charge in [0.1, 0.15) is 17.4 Å². The van der Waals surface area contributed by atoms with Gasteiger partial charge in [0.15, 0.2) is 5.60 Å². The molecule has 0 atom stereocenters. The number of ketones is 1. The summed E-state index contributed by atoms with van der Waals surface area (Å²) in [6.07, 6.45) is 4.53. The second kappa shape index (κ2) is 5.24. The molecule has 0 saturated heterocycles. The summed E-state index contributed by atoms with van der Waals surface area (Å²) in [6, 6.07) is 16.1. The number of carbonyl (C=O) groups is 1. The van der Waals surface area contributed by atoms with Crippen LogP contribution in [0.4, 0.5) is 0 Å². The smallest absolute Gasteiger partial charge is 0.220 e. The van der Waals surface area contributed by atoms with E-state index in [1.807, 2.05) is 42.5 Å².